The maximum Gasteiger partial charge on any atom is 0.139 e. The first-order valence-electron chi connectivity index (χ1n) is 5.54. The van der Waals surface area contributed by atoms with Gasteiger partial charge >= 0.3 is 0 Å². The van der Waals surface area contributed by atoms with Gasteiger partial charge in [-0.1, -0.05) is 47.9 Å². The molecule has 1 atom stereocenters. The summed E-state index contributed by atoms with van der Waals surface area (Å²) in [6.07, 6.45) is 0.0870. The molecule has 0 radical (unpaired) electrons. The summed E-state index contributed by atoms with van der Waals surface area (Å²) in [7, 11) is 2.07. The van der Waals surface area contributed by atoms with Crippen molar-refractivity contribution in [1.29, 1.82) is 0 Å². The Balaban J connectivity index is 2.08. The van der Waals surface area contributed by atoms with Crippen molar-refractivity contribution < 1.29 is 4.74 Å². The topological polar surface area (TPSA) is 9.23 Å². The molecule has 2 aromatic carbocycles. The molecule has 0 fully saturated rings. The standard InChI is InChI=1S/C14H15BO/c1-11(12-5-3-2-4-6-12)16-14-9-7-13(15)8-10-14/h2-11H,15H2,1H3. The maximum atomic E-state index is 5.86. The highest BCUT2D eigenvalue weighted by molar-refractivity contribution is 6.32. The van der Waals surface area contributed by atoms with Crippen molar-refractivity contribution in [2.75, 3.05) is 0 Å². The van der Waals surface area contributed by atoms with Crippen LogP contribution < -0.4 is 10.2 Å². The molecule has 2 aromatic rings. The van der Waals surface area contributed by atoms with Crippen LogP contribution in [0, 0.1) is 0 Å². The molecule has 0 aliphatic rings. The van der Waals surface area contributed by atoms with E-state index in [1.165, 1.54) is 11.0 Å². The third-order valence-electron chi connectivity index (χ3n) is 2.60. The summed E-state index contributed by atoms with van der Waals surface area (Å²) in [5, 5.41) is 0. The molecule has 0 aliphatic carbocycles. The van der Waals surface area contributed by atoms with E-state index in [4.69, 9.17) is 4.74 Å². The van der Waals surface area contributed by atoms with Crippen molar-refractivity contribution in [3.63, 3.8) is 0 Å². The van der Waals surface area contributed by atoms with E-state index in [1.54, 1.807) is 0 Å². The Morgan fingerprint density at radius 1 is 0.938 bits per heavy atom. The van der Waals surface area contributed by atoms with Gasteiger partial charge in [-0.3, -0.25) is 0 Å². The molecule has 0 spiro atoms. The number of benzene rings is 2. The summed E-state index contributed by atoms with van der Waals surface area (Å²) >= 11 is 0. The molecule has 1 nitrogen and oxygen atoms in total. The van der Waals surface area contributed by atoms with Crippen LogP contribution in [0.3, 0.4) is 0 Å². The van der Waals surface area contributed by atoms with Gasteiger partial charge in [-0.15, -0.1) is 0 Å². The molecule has 0 heterocycles. The summed E-state index contributed by atoms with van der Waals surface area (Å²) in [4.78, 5) is 0. The van der Waals surface area contributed by atoms with Gasteiger partial charge in [-0.2, -0.15) is 0 Å². The van der Waals surface area contributed by atoms with Crippen LogP contribution >= 0.6 is 0 Å². The van der Waals surface area contributed by atoms with Crippen LogP contribution in [0.15, 0.2) is 54.6 Å². The molecule has 80 valence electrons. The first-order valence-corrected chi connectivity index (χ1v) is 5.54. The number of hydrogen-bond donors (Lipinski definition) is 0. The van der Waals surface area contributed by atoms with Crippen molar-refractivity contribution in [2.24, 2.45) is 0 Å². The molecule has 0 aromatic heterocycles. The van der Waals surface area contributed by atoms with Gasteiger partial charge in [-0.25, -0.2) is 0 Å². The van der Waals surface area contributed by atoms with Gasteiger partial charge in [-0.05, 0) is 24.6 Å². The second-order valence-electron chi connectivity index (χ2n) is 3.98. The minimum absolute atomic E-state index is 0.0870. The predicted molar refractivity (Wildman–Crippen MR) is 70.1 cm³/mol. The quantitative estimate of drug-likeness (QED) is 0.704. The monoisotopic (exact) mass is 210 g/mol. The molecule has 2 rings (SSSR count). The molecule has 0 N–H and O–H groups in total. The van der Waals surface area contributed by atoms with Crippen LogP contribution in [-0.2, 0) is 0 Å². The smallest absolute Gasteiger partial charge is 0.139 e. The maximum absolute atomic E-state index is 5.86. The highest BCUT2D eigenvalue weighted by atomic mass is 16.5. The van der Waals surface area contributed by atoms with E-state index in [9.17, 15) is 0 Å². The van der Waals surface area contributed by atoms with Crippen molar-refractivity contribution in [1.82, 2.24) is 0 Å². The van der Waals surface area contributed by atoms with E-state index >= 15 is 0 Å². The molecule has 1 unspecified atom stereocenters. The normalized spacial score (nSPS) is 12.1. The third kappa shape index (κ3) is 2.66. The Morgan fingerprint density at radius 2 is 1.56 bits per heavy atom. The lowest BCUT2D eigenvalue weighted by atomic mass is 9.97. The zero-order chi connectivity index (χ0) is 11.4. The minimum Gasteiger partial charge on any atom is -0.486 e. The lowest BCUT2D eigenvalue weighted by Crippen LogP contribution is -2.05. The van der Waals surface area contributed by atoms with Crippen LogP contribution in [-0.4, -0.2) is 7.85 Å². The molecule has 0 bridgehead atoms. The van der Waals surface area contributed by atoms with E-state index in [0.29, 0.717) is 0 Å². The van der Waals surface area contributed by atoms with Crippen molar-refractivity contribution in [3.05, 3.63) is 60.2 Å². The lowest BCUT2D eigenvalue weighted by Gasteiger charge is -2.15. The van der Waals surface area contributed by atoms with E-state index in [1.807, 2.05) is 30.3 Å². The number of ether oxygens (including phenoxy) is 1. The van der Waals surface area contributed by atoms with Crippen LogP contribution in [0.1, 0.15) is 18.6 Å². The van der Waals surface area contributed by atoms with Crippen molar-refractivity contribution in [2.45, 2.75) is 13.0 Å². The summed E-state index contributed by atoms with van der Waals surface area (Å²) in [5.41, 5.74) is 2.45. The van der Waals surface area contributed by atoms with Gasteiger partial charge in [0.1, 0.15) is 19.7 Å². The molecule has 0 aliphatic heterocycles. The first kappa shape index (κ1) is 10.8. The Labute approximate surface area is 97.5 Å². The van der Waals surface area contributed by atoms with E-state index in [-0.39, 0.29) is 6.10 Å². The van der Waals surface area contributed by atoms with Crippen LogP contribution in [0.4, 0.5) is 0 Å². The Morgan fingerprint density at radius 3 is 2.19 bits per heavy atom. The summed E-state index contributed by atoms with van der Waals surface area (Å²) in [5.74, 6) is 0.918. The predicted octanol–water partition coefficient (Wildman–Crippen LogP) is 2.08. The van der Waals surface area contributed by atoms with Gasteiger partial charge in [0.2, 0.25) is 0 Å². The van der Waals surface area contributed by atoms with Gasteiger partial charge in [0.25, 0.3) is 0 Å². The zero-order valence-corrected chi connectivity index (χ0v) is 9.68. The van der Waals surface area contributed by atoms with Gasteiger partial charge in [0.15, 0.2) is 0 Å². The molecule has 0 saturated carbocycles. The molecule has 2 heteroatoms. The summed E-state index contributed by atoms with van der Waals surface area (Å²) < 4.78 is 5.86. The van der Waals surface area contributed by atoms with Crippen LogP contribution in [0.5, 0.6) is 5.75 Å². The molecule has 0 saturated heterocycles. The van der Waals surface area contributed by atoms with Crippen LogP contribution in [0.25, 0.3) is 0 Å². The molecular weight excluding hydrogens is 195 g/mol. The first-order chi connectivity index (χ1) is 7.75. The Kier molecular flexibility index (Phi) is 3.30. The molecular formula is C14H15BO. The fraction of sp³-hybridized carbons (Fsp3) is 0.143. The van der Waals surface area contributed by atoms with Gasteiger partial charge in [0.05, 0.1) is 0 Å². The van der Waals surface area contributed by atoms with Crippen molar-refractivity contribution >= 4 is 13.3 Å². The Hall–Kier alpha value is -1.70. The van der Waals surface area contributed by atoms with E-state index < -0.39 is 0 Å². The number of hydrogen-bond acceptors (Lipinski definition) is 1. The van der Waals surface area contributed by atoms with E-state index in [0.717, 1.165) is 5.75 Å². The minimum atomic E-state index is 0.0870. The zero-order valence-electron chi connectivity index (χ0n) is 9.68. The number of rotatable bonds is 3. The average molecular weight is 210 g/mol. The SMILES string of the molecule is Bc1ccc(OC(C)c2ccccc2)cc1. The Bertz CT molecular complexity index is 436. The van der Waals surface area contributed by atoms with Crippen molar-refractivity contribution in [3.8, 4) is 5.75 Å². The second kappa shape index (κ2) is 4.89. The second-order valence-corrected chi connectivity index (χ2v) is 3.98. The highest BCUT2D eigenvalue weighted by Gasteiger charge is 2.05. The highest BCUT2D eigenvalue weighted by Crippen LogP contribution is 2.20. The fourth-order valence-electron chi connectivity index (χ4n) is 1.61. The average Bonchev–Trinajstić information content (AvgIpc) is 2.33. The third-order valence-corrected chi connectivity index (χ3v) is 2.60. The van der Waals surface area contributed by atoms with E-state index in [2.05, 4.69) is 39.0 Å². The molecule has 0 amide bonds. The van der Waals surface area contributed by atoms with Crippen LogP contribution in [0.2, 0.25) is 0 Å². The summed E-state index contributed by atoms with van der Waals surface area (Å²) in [6.45, 7) is 2.06. The summed E-state index contributed by atoms with van der Waals surface area (Å²) in [6, 6.07) is 18.4. The largest absolute Gasteiger partial charge is 0.486 e. The van der Waals surface area contributed by atoms with Gasteiger partial charge < -0.3 is 4.74 Å². The van der Waals surface area contributed by atoms with Gasteiger partial charge in [0, 0.05) is 0 Å². The fourth-order valence-corrected chi connectivity index (χ4v) is 1.61. The molecule has 16 heavy (non-hydrogen) atoms. The lowest BCUT2D eigenvalue weighted by molar-refractivity contribution is 0.227.